The van der Waals surface area contributed by atoms with Crippen LogP contribution in [0.5, 0.6) is 0 Å². The number of aromatic nitrogens is 2. The van der Waals surface area contributed by atoms with Gasteiger partial charge in [0.1, 0.15) is 12.6 Å². The Hall–Kier alpha value is -2.27. The number of carbonyl (C=O) groups is 1. The van der Waals surface area contributed by atoms with Crippen molar-refractivity contribution in [2.24, 2.45) is 0 Å². The number of benzene rings is 1. The first-order valence-corrected chi connectivity index (χ1v) is 11.5. The van der Waals surface area contributed by atoms with Gasteiger partial charge in [0.25, 0.3) is 5.56 Å². The Morgan fingerprint density at radius 2 is 2.07 bits per heavy atom. The van der Waals surface area contributed by atoms with E-state index in [1.54, 1.807) is 11.6 Å². The summed E-state index contributed by atoms with van der Waals surface area (Å²) < 4.78 is 33.7. The number of ether oxygens (including phenoxy) is 1. The minimum Gasteiger partial charge on any atom is -0.458 e. The lowest BCUT2D eigenvalue weighted by molar-refractivity contribution is -0.148. The molecule has 1 fully saturated rings. The maximum atomic E-state index is 12.9. The minimum absolute atomic E-state index is 0.0689. The van der Waals surface area contributed by atoms with Crippen LogP contribution in [0.1, 0.15) is 18.5 Å². The van der Waals surface area contributed by atoms with Crippen LogP contribution in [-0.4, -0.2) is 40.7 Å². The van der Waals surface area contributed by atoms with Crippen molar-refractivity contribution in [2.75, 3.05) is 6.54 Å². The van der Waals surface area contributed by atoms with E-state index in [2.05, 4.69) is 4.98 Å². The summed E-state index contributed by atoms with van der Waals surface area (Å²) in [5.41, 5.74) is 0.0472. The Balaban J connectivity index is 1.50. The van der Waals surface area contributed by atoms with E-state index in [-0.39, 0.29) is 23.6 Å². The van der Waals surface area contributed by atoms with Gasteiger partial charge in [-0.15, -0.1) is 11.3 Å². The van der Waals surface area contributed by atoms with Crippen molar-refractivity contribution in [2.45, 2.75) is 30.4 Å². The van der Waals surface area contributed by atoms with Crippen LogP contribution in [0.3, 0.4) is 0 Å². The first kappa shape index (κ1) is 20.0. The first-order chi connectivity index (χ1) is 13.9. The molecule has 0 saturated carbocycles. The van der Waals surface area contributed by atoms with Crippen LogP contribution in [0.25, 0.3) is 4.96 Å². The summed E-state index contributed by atoms with van der Waals surface area (Å²) >= 11 is 7.12. The molecule has 0 spiro atoms. The van der Waals surface area contributed by atoms with Gasteiger partial charge in [-0.05, 0) is 37.1 Å². The average Bonchev–Trinajstić information content (AvgIpc) is 3.36. The van der Waals surface area contributed by atoms with E-state index in [0.717, 1.165) is 4.31 Å². The Morgan fingerprint density at radius 1 is 1.31 bits per heavy atom. The molecule has 3 aromatic rings. The second kappa shape index (κ2) is 7.86. The molecule has 0 bridgehead atoms. The number of carbonyl (C=O) groups excluding carboxylic acids is 1. The molecule has 1 aliphatic heterocycles. The van der Waals surface area contributed by atoms with Gasteiger partial charge in [-0.1, -0.05) is 11.6 Å². The van der Waals surface area contributed by atoms with Gasteiger partial charge < -0.3 is 4.74 Å². The highest BCUT2D eigenvalue weighted by Crippen LogP contribution is 2.27. The molecule has 0 N–H and O–H groups in total. The smallest absolute Gasteiger partial charge is 0.324 e. The molecular formula is C18H16ClN3O5S2. The molecule has 152 valence electrons. The van der Waals surface area contributed by atoms with E-state index < -0.39 is 22.0 Å². The standard InChI is InChI=1S/C18H16ClN3O5S2/c19-12-3-5-14(6-4-12)29(25,26)22-7-1-2-15(22)17(24)27-11-13-10-16(23)21-8-9-28-18(21)20-13/h3-6,8-10,15H,1-2,7,11H2. The zero-order chi connectivity index (χ0) is 20.6. The summed E-state index contributed by atoms with van der Waals surface area (Å²) in [5.74, 6) is -0.659. The summed E-state index contributed by atoms with van der Waals surface area (Å²) in [5, 5.41) is 2.16. The highest BCUT2D eigenvalue weighted by atomic mass is 35.5. The third-order valence-corrected chi connectivity index (χ3v) is 7.55. The molecule has 2 aromatic heterocycles. The highest BCUT2D eigenvalue weighted by Gasteiger charge is 2.40. The van der Waals surface area contributed by atoms with Crippen molar-refractivity contribution >= 4 is 43.9 Å². The number of hydrogen-bond acceptors (Lipinski definition) is 7. The molecule has 29 heavy (non-hydrogen) atoms. The second-order valence-electron chi connectivity index (χ2n) is 6.48. The summed E-state index contributed by atoms with van der Waals surface area (Å²) in [6.07, 6.45) is 2.53. The Labute approximate surface area is 175 Å². The number of thiazole rings is 1. The number of nitrogens with zero attached hydrogens (tertiary/aromatic N) is 3. The quantitative estimate of drug-likeness (QED) is 0.550. The number of fused-ring (bicyclic) bond motifs is 1. The van der Waals surface area contributed by atoms with Gasteiger partial charge in [0.15, 0.2) is 4.96 Å². The Kier molecular flexibility index (Phi) is 5.43. The van der Waals surface area contributed by atoms with Crippen molar-refractivity contribution < 1.29 is 17.9 Å². The molecule has 0 radical (unpaired) electrons. The SMILES string of the molecule is O=C(OCc1cc(=O)n2ccsc2n1)C1CCCN1S(=O)(=O)c1ccc(Cl)cc1. The molecular weight excluding hydrogens is 438 g/mol. The summed E-state index contributed by atoms with van der Waals surface area (Å²) in [6.45, 7) is 0.0271. The van der Waals surface area contributed by atoms with E-state index in [1.165, 1.54) is 46.1 Å². The largest absolute Gasteiger partial charge is 0.458 e. The maximum Gasteiger partial charge on any atom is 0.324 e. The molecule has 3 heterocycles. The number of halogens is 1. The zero-order valence-corrected chi connectivity index (χ0v) is 17.4. The van der Waals surface area contributed by atoms with E-state index in [0.29, 0.717) is 28.5 Å². The van der Waals surface area contributed by atoms with Crippen molar-refractivity contribution in [3.63, 3.8) is 0 Å². The maximum absolute atomic E-state index is 12.9. The number of rotatable bonds is 5. The van der Waals surface area contributed by atoms with Crippen LogP contribution in [0.15, 0.2) is 51.6 Å². The van der Waals surface area contributed by atoms with Gasteiger partial charge in [-0.25, -0.2) is 13.4 Å². The fourth-order valence-electron chi connectivity index (χ4n) is 3.21. The van der Waals surface area contributed by atoms with Crippen molar-refractivity contribution in [1.29, 1.82) is 0 Å². The van der Waals surface area contributed by atoms with Crippen LogP contribution in [0, 0.1) is 0 Å². The molecule has 1 unspecified atom stereocenters. The van der Waals surface area contributed by atoms with E-state index in [9.17, 15) is 18.0 Å². The molecule has 11 heteroatoms. The van der Waals surface area contributed by atoms with Crippen LogP contribution in [0.2, 0.25) is 5.02 Å². The molecule has 1 saturated heterocycles. The summed E-state index contributed by atoms with van der Waals surface area (Å²) in [7, 11) is -3.85. The number of sulfonamides is 1. The number of hydrogen-bond donors (Lipinski definition) is 0. The van der Waals surface area contributed by atoms with Gasteiger partial charge in [-0.2, -0.15) is 4.31 Å². The van der Waals surface area contributed by atoms with Gasteiger partial charge >= 0.3 is 5.97 Å². The summed E-state index contributed by atoms with van der Waals surface area (Å²) in [4.78, 5) is 29.5. The van der Waals surface area contributed by atoms with Crippen molar-refractivity contribution in [1.82, 2.24) is 13.7 Å². The molecule has 4 rings (SSSR count). The van der Waals surface area contributed by atoms with Gasteiger partial charge in [0, 0.05) is 29.2 Å². The lowest BCUT2D eigenvalue weighted by Crippen LogP contribution is -2.41. The average molecular weight is 454 g/mol. The first-order valence-electron chi connectivity index (χ1n) is 8.76. The lowest BCUT2D eigenvalue weighted by Gasteiger charge is -2.22. The van der Waals surface area contributed by atoms with Crippen molar-refractivity contribution in [3.8, 4) is 0 Å². The van der Waals surface area contributed by atoms with Gasteiger partial charge in [0.05, 0.1) is 10.6 Å². The monoisotopic (exact) mass is 453 g/mol. The van der Waals surface area contributed by atoms with Gasteiger partial charge in [-0.3, -0.25) is 14.0 Å². The third kappa shape index (κ3) is 3.93. The topological polar surface area (TPSA) is 98.1 Å². The van der Waals surface area contributed by atoms with Crippen LogP contribution < -0.4 is 5.56 Å². The third-order valence-electron chi connectivity index (χ3n) is 4.61. The van der Waals surface area contributed by atoms with E-state index >= 15 is 0 Å². The van der Waals surface area contributed by atoms with Crippen molar-refractivity contribution in [3.05, 3.63) is 63.0 Å². The predicted molar refractivity (Wildman–Crippen MR) is 108 cm³/mol. The molecule has 8 nitrogen and oxygen atoms in total. The predicted octanol–water partition coefficient (Wildman–Crippen LogP) is 2.31. The second-order valence-corrected chi connectivity index (χ2v) is 9.68. The fraction of sp³-hybridized carbons (Fsp3) is 0.278. The molecule has 1 aliphatic rings. The van der Waals surface area contributed by atoms with Crippen LogP contribution >= 0.6 is 22.9 Å². The van der Waals surface area contributed by atoms with E-state index in [1.807, 2.05) is 0 Å². The molecule has 0 aliphatic carbocycles. The van der Waals surface area contributed by atoms with Crippen LogP contribution in [0.4, 0.5) is 0 Å². The fourth-order valence-corrected chi connectivity index (χ4v) is 5.72. The normalized spacial score (nSPS) is 17.6. The minimum atomic E-state index is -3.85. The zero-order valence-electron chi connectivity index (χ0n) is 15.0. The van der Waals surface area contributed by atoms with Gasteiger partial charge in [0.2, 0.25) is 10.0 Å². The molecule has 1 aromatic carbocycles. The highest BCUT2D eigenvalue weighted by molar-refractivity contribution is 7.89. The van der Waals surface area contributed by atoms with E-state index in [4.69, 9.17) is 16.3 Å². The Bertz CT molecular complexity index is 1220. The van der Waals surface area contributed by atoms with Crippen LogP contribution in [-0.2, 0) is 26.2 Å². The Morgan fingerprint density at radius 3 is 2.83 bits per heavy atom. The summed E-state index contributed by atoms with van der Waals surface area (Å²) in [6, 6.07) is 6.18. The number of esters is 1. The lowest BCUT2D eigenvalue weighted by atomic mass is 10.2. The molecule has 1 atom stereocenters. The molecule has 0 amide bonds.